The first-order chi connectivity index (χ1) is 2.00. The van der Waals surface area contributed by atoms with Crippen LogP contribution in [0.5, 0.6) is 0 Å². The van der Waals surface area contributed by atoms with E-state index in [0.29, 0.717) is 0 Å². The molecular weight excluding hydrogens is 220 g/mol. The maximum absolute atomic E-state index is 9.75. The molecule has 0 aromatic heterocycles. The molecule has 0 saturated carbocycles. The summed E-state index contributed by atoms with van der Waals surface area (Å²) in [6.45, 7) is 0. The summed E-state index contributed by atoms with van der Waals surface area (Å²) in [6, 6.07) is 0. The molecule has 0 radical (unpaired) electrons. The van der Waals surface area contributed by atoms with Gasteiger partial charge in [-0.1, -0.05) is 0 Å². The molecule has 0 aromatic rings. The molecule has 0 atom stereocenters. The summed E-state index contributed by atoms with van der Waals surface area (Å²) in [6.07, 6.45) is 0. The first-order valence-electron chi connectivity index (χ1n) is 0.873. The summed E-state index contributed by atoms with van der Waals surface area (Å²) < 4.78 is 39.0. The average molecular weight is 220 g/mol. The molecule has 0 fully saturated rings. The molecule has 0 bridgehead atoms. The molecule has 0 unspecified atom stereocenters. The number of hydrogen-bond donors (Lipinski definition) is 0. The van der Waals surface area contributed by atoms with Crippen LogP contribution in [-0.4, -0.2) is 7.25 Å². The molecule has 0 aliphatic rings. The van der Waals surface area contributed by atoms with Gasteiger partial charge in [0.1, 0.15) is 0 Å². The quantitative estimate of drug-likeness (QED) is 0.337. The topological polar surface area (TPSA) is 0 Å². The van der Waals surface area contributed by atoms with Crippen LogP contribution in [0, 0.1) is 0 Å². The molecule has 32 valence electrons. The Hall–Kier alpha value is 1.84. The zero-order chi connectivity index (χ0) is 4.50. The Morgan fingerprint density at radius 1 is 0.833 bits per heavy atom. The van der Waals surface area contributed by atoms with Crippen LogP contribution in [0.2, 0.25) is 0 Å². The smallest absolute Gasteiger partial charge is 0.418 e. The molecule has 0 spiro atoms. The van der Waals surface area contributed by atoms with E-state index in [1.54, 1.807) is 0 Å². The van der Waals surface area contributed by atoms with Crippen molar-refractivity contribution in [2.45, 2.75) is 0 Å². The van der Waals surface area contributed by atoms with Crippen LogP contribution in [-0.2, 0) is 0 Å². The number of rotatable bonds is 0. The fraction of sp³-hybridized carbons (Fsp3) is 0. The molecule has 6 heteroatoms. The van der Waals surface area contributed by atoms with Crippen molar-refractivity contribution >= 4 is 7.25 Å². The molecule has 0 aliphatic carbocycles. The van der Waals surface area contributed by atoms with E-state index in [0.717, 1.165) is 0 Å². The van der Waals surface area contributed by atoms with Gasteiger partial charge in [-0.05, 0) is 0 Å². The van der Waals surface area contributed by atoms with Crippen LogP contribution < -0.4 is 68.9 Å². The van der Waals surface area contributed by atoms with Gasteiger partial charge in [0.15, 0.2) is 0 Å². The van der Waals surface area contributed by atoms with Crippen LogP contribution in [0.3, 0.4) is 0 Å². The van der Waals surface area contributed by atoms with Crippen LogP contribution in [0.4, 0.5) is 17.3 Å². The zero-order valence-electron chi connectivity index (χ0n) is 3.09. The average Bonchev–Trinajstić information content (AvgIpc) is 0.722. The number of hydrogen-bond acceptors (Lipinski definition) is 0. The molecule has 0 aromatic carbocycles. The van der Waals surface area contributed by atoms with Crippen LogP contribution in [0.1, 0.15) is 0 Å². The van der Waals surface area contributed by atoms with E-state index in [1.807, 2.05) is 0 Å². The molecule has 0 nitrogen and oxygen atoms in total. The Morgan fingerprint density at radius 3 is 0.833 bits per heavy atom. The Kier molecular flexibility index (Phi) is 6.80. The van der Waals surface area contributed by atoms with Crippen molar-refractivity contribution in [1.82, 2.24) is 0 Å². The van der Waals surface area contributed by atoms with E-state index < -0.39 is 7.25 Å². The fourth-order valence-corrected chi connectivity index (χ4v) is 0. The molecular formula is BCsF4. The molecule has 0 aliphatic heterocycles. The van der Waals surface area contributed by atoms with E-state index in [9.17, 15) is 17.3 Å². The zero-order valence-corrected chi connectivity index (χ0v) is 9.37. The largest absolute Gasteiger partial charge is 1.00 e. The van der Waals surface area contributed by atoms with Crippen molar-refractivity contribution in [3.8, 4) is 0 Å². The standard InChI is InChI=1S/BF4.Cs/c2-1(3,4)5;/q-1;+1. The van der Waals surface area contributed by atoms with Gasteiger partial charge < -0.3 is 17.3 Å². The summed E-state index contributed by atoms with van der Waals surface area (Å²) in [5.41, 5.74) is 0. The van der Waals surface area contributed by atoms with E-state index in [4.69, 9.17) is 0 Å². The summed E-state index contributed by atoms with van der Waals surface area (Å²) in [4.78, 5) is 0. The first-order valence-corrected chi connectivity index (χ1v) is 0.873. The Bertz CT molecular complexity index is 23.0. The third-order valence-electron chi connectivity index (χ3n) is 0. The number of halogens is 4. The summed E-state index contributed by atoms with van der Waals surface area (Å²) in [5.74, 6) is 0. The second kappa shape index (κ2) is 3.79. The first kappa shape index (κ1) is 10.8. The predicted octanol–water partition coefficient (Wildman–Crippen LogP) is -1.70. The molecule has 0 amide bonds. The summed E-state index contributed by atoms with van der Waals surface area (Å²) in [7, 11) is -6.00. The SMILES string of the molecule is F[B-](F)(F)F.[Cs+]. The summed E-state index contributed by atoms with van der Waals surface area (Å²) in [5, 5.41) is 0. The van der Waals surface area contributed by atoms with Gasteiger partial charge in [0, 0.05) is 0 Å². The maximum Gasteiger partial charge on any atom is 1.00 e. The van der Waals surface area contributed by atoms with E-state index in [2.05, 4.69) is 0 Å². The van der Waals surface area contributed by atoms with Crippen molar-refractivity contribution in [3.63, 3.8) is 0 Å². The molecule has 0 heterocycles. The van der Waals surface area contributed by atoms with Gasteiger partial charge in [-0.15, -0.1) is 0 Å². The van der Waals surface area contributed by atoms with E-state index in [1.165, 1.54) is 0 Å². The fourth-order valence-electron chi connectivity index (χ4n) is 0. The van der Waals surface area contributed by atoms with Crippen LogP contribution >= 0.6 is 0 Å². The minimum Gasteiger partial charge on any atom is -0.418 e. The van der Waals surface area contributed by atoms with Crippen molar-refractivity contribution in [1.29, 1.82) is 0 Å². The second-order valence-electron chi connectivity index (χ2n) is 0.495. The minimum atomic E-state index is -6.00. The molecule has 0 N–H and O–H groups in total. The predicted molar refractivity (Wildman–Crippen MR) is 10.2 cm³/mol. The van der Waals surface area contributed by atoms with Gasteiger partial charge in [0.05, 0.1) is 0 Å². The van der Waals surface area contributed by atoms with Gasteiger partial charge in [-0.25, -0.2) is 0 Å². The van der Waals surface area contributed by atoms with Gasteiger partial charge in [-0.3, -0.25) is 0 Å². The van der Waals surface area contributed by atoms with Crippen molar-refractivity contribution in [2.75, 3.05) is 0 Å². The van der Waals surface area contributed by atoms with Crippen molar-refractivity contribution in [2.24, 2.45) is 0 Å². The van der Waals surface area contributed by atoms with Crippen molar-refractivity contribution < 1.29 is 86.2 Å². The Balaban J connectivity index is 0. The van der Waals surface area contributed by atoms with Gasteiger partial charge in [0.2, 0.25) is 0 Å². The third kappa shape index (κ3) is 40.5. The van der Waals surface area contributed by atoms with Gasteiger partial charge >= 0.3 is 76.1 Å². The Labute approximate surface area is 91.2 Å². The van der Waals surface area contributed by atoms with Crippen LogP contribution in [0.25, 0.3) is 0 Å². The monoisotopic (exact) mass is 220 g/mol. The van der Waals surface area contributed by atoms with E-state index >= 15 is 0 Å². The second-order valence-corrected chi connectivity index (χ2v) is 0.495. The Morgan fingerprint density at radius 2 is 0.833 bits per heavy atom. The molecule has 0 rings (SSSR count). The summed E-state index contributed by atoms with van der Waals surface area (Å²) >= 11 is 0. The maximum atomic E-state index is 9.75. The van der Waals surface area contributed by atoms with E-state index in [-0.39, 0.29) is 68.9 Å². The third-order valence-corrected chi connectivity index (χ3v) is 0. The van der Waals surface area contributed by atoms with Gasteiger partial charge in [0.25, 0.3) is 0 Å². The van der Waals surface area contributed by atoms with Gasteiger partial charge in [-0.2, -0.15) is 0 Å². The minimum absolute atomic E-state index is 0. The molecule has 6 heavy (non-hydrogen) atoms. The van der Waals surface area contributed by atoms with Crippen molar-refractivity contribution in [3.05, 3.63) is 0 Å². The van der Waals surface area contributed by atoms with Crippen LogP contribution in [0.15, 0.2) is 0 Å². The molecule has 0 saturated heterocycles. The normalized spacial score (nSPS) is 10.0.